The second-order valence-corrected chi connectivity index (χ2v) is 9.13. The van der Waals surface area contributed by atoms with Crippen molar-refractivity contribution < 1.29 is 28.5 Å². The van der Waals surface area contributed by atoms with Crippen LogP contribution >= 0.6 is 11.8 Å². The molecule has 0 aromatic heterocycles. The van der Waals surface area contributed by atoms with E-state index in [1.165, 1.54) is 18.9 Å². The SMILES string of the molecule is CCC1=C(C(=O)OC)C(c2cccc(OC)c2OC)N2C(CC(=O)NCC3CCCO3)=CSC2=N1. The van der Waals surface area contributed by atoms with Crippen molar-refractivity contribution in [3.8, 4) is 11.5 Å². The zero-order valence-corrected chi connectivity index (χ0v) is 21.3. The van der Waals surface area contributed by atoms with Crippen LogP contribution in [0.1, 0.15) is 44.2 Å². The molecule has 0 spiro atoms. The van der Waals surface area contributed by atoms with Gasteiger partial charge in [0.2, 0.25) is 5.91 Å². The number of thioether (sulfide) groups is 1. The van der Waals surface area contributed by atoms with Crippen molar-refractivity contribution in [2.45, 2.75) is 44.8 Å². The minimum absolute atomic E-state index is 0.0627. The Labute approximate surface area is 209 Å². The molecular weight excluding hydrogens is 470 g/mol. The Hall–Kier alpha value is -2.98. The van der Waals surface area contributed by atoms with Crippen LogP contribution in [0, 0.1) is 0 Å². The maximum Gasteiger partial charge on any atom is 0.338 e. The van der Waals surface area contributed by atoms with Crippen LogP contribution in [-0.2, 0) is 19.1 Å². The largest absolute Gasteiger partial charge is 0.493 e. The van der Waals surface area contributed by atoms with Crippen molar-refractivity contribution in [1.29, 1.82) is 0 Å². The first kappa shape index (κ1) is 25.1. The number of amides is 1. The van der Waals surface area contributed by atoms with Crippen LogP contribution in [0.5, 0.6) is 11.5 Å². The molecule has 4 rings (SSSR count). The van der Waals surface area contributed by atoms with Gasteiger partial charge in [0.25, 0.3) is 0 Å². The fraction of sp³-hybridized carbons (Fsp3) is 0.480. The average Bonchev–Trinajstić information content (AvgIpc) is 3.55. The highest BCUT2D eigenvalue weighted by Crippen LogP contribution is 2.49. The van der Waals surface area contributed by atoms with Gasteiger partial charge in [-0.15, -0.1) is 0 Å². The third kappa shape index (κ3) is 5.04. The summed E-state index contributed by atoms with van der Waals surface area (Å²) >= 11 is 1.43. The maximum absolute atomic E-state index is 13.1. The molecule has 3 aliphatic rings. The van der Waals surface area contributed by atoms with Gasteiger partial charge in [-0.2, -0.15) is 0 Å². The van der Waals surface area contributed by atoms with Crippen LogP contribution in [0.25, 0.3) is 0 Å². The minimum Gasteiger partial charge on any atom is -0.493 e. The molecule has 1 fully saturated rings. The predicted octanol–water partition coefficient (Wildman–Crippen LogP) is 3.53. The number of para-hydroxylation sites is 1. The molecule has 35 heavy (non-hydrogen) atoms. The van der Waals surface area contributed by atoms with Crippen molar-refractivity contribution in [3.63, 3.8) is 0 Å². The molecule has 10 heteroatoms. The number of nitrogens with one attached hydrogen (secondary N) is 1. The van der Waals surface area contributed by atoms with Crippen molar-refractivity contribution in [2.75, 3.05) is 34.5 Å². The first-order valence-electron chi connectivity index (χ1n) is 11.7. The summed E-state index contributed by atoms with van der Waals surface area (Å²) in [6.45, 7) is 3.17. The third-order valence-electron chi connectivity index (χ3n) is 6.25. The molecule has 2 atom stereocenters. The average molecular weight is 502 g/mol. The van der Waals surface area contributed by atoms with E-state index in [-0.39, 0.29) is 18.4 Å². The van der Waals surface area contributed by atoms with Crippen LogP contribution in [0.2, 0.25) is 0 Å². The molecule has 3 aliphatic heterocycles. The molecule has 2 unspecified atom stereocenters. The van der Waals surface area contributed by atoms with E-state index in [1.807, 2.05) is 29.4 Å². The lowest BCUT2D eigenvalue weighted by molar-refractivity contribution is -0.136. The highest BCUT2D eigenvalue weighted by molar-refractivity contribution is 8.16. The number of nitrogens with zero attached hydrogens (tertiary/aromatic N) is 2. The van der Waals surface area contributed by atoms with E-state index < -0.39 is 12.0 Å². The topological polar surface area (TPSA) is 98.7 Å². The smallest absolute Gasteiger partial charge is 0.338 e. The van der Waals surface area contributed by atoms with E-state index in [4.69, 9.17) is 23.9 Å². The molecule has 1 amide bonds. The number of allylic oxidation sites excluding steroid dienone is 1. The van der Waals surface area contributed by atoms with Gasteiger partial charge in [0.05, 0.1) is 51.2 Å². The number of methoxy groups -OCH3 is 3. The van der Waals surface area contributed by atoms with Gasteiger partial charge < -0.3 is 29.2 Å². The van der Waals surface area contributed by atoms with Gasteiger partial charge in [-0.3, -0.25) is 4.79 Å². The number of rotatable bonds is 9. The normalized spacial score (nSPS) is 21.3. The second kappa shape index (κ2) is 11.2. The molecule has 1 saturated heterocycles. The van der Waals surface area contributed by atoms with Crippen LogP contribution in [0.15, 0.2) is 45.6 Å². The van der Waals surface area contributed by atoms with Crippen LogP contribution < -0.4 is 14.8 Å². The molecule has 0 bridgehead atoms. The van der Waals surface area contributed by atoms with E-state index >= 15 is 0 Å². The van der Waals surface area contributed by atoms with Gasteiger partial charge in [0.15, 0.2) is 16.7 Å². The lowest BCUT2D eigenvalue weighted by atomic mass is 9.92. The van der Waals surface area contributed by atoms with Gasteiger partial charge in [0.1, 0.15) is 0 Å². The van der Waals surface area contributed by atoms with Crippen molar-refractivity contribution in [1.82, 2.24) is 10.2 Å². The Morgan fingerprint density at radius 3 is 2.74 bits per heavy atom. The molecule has 0 saturated carbocycles. The Balaban J connectivity index is 1.71. The summed E-state index contributed by atoms with van der Waals surface area (Å²) in [5.74, 6) is 0.466. The van der Waals surface area contributed by atoms with Crippen molar-refractivity contribution in [3.05, 3.63) is 46.1 Å². The van der Waals surface area contributed by atoms with Gasteiger partial charge in [0, 0.05) is 24.4 Å². The summed E-state index contributed by atoms with van der Waals surface area (Å²) in [6, 6.07) is 4.95. The fourth-order valence-corrected chi connectivity index (χ4v) is 5.53. The van der Waals surface area contributed by atoms with Crippen LogP contribution in [0.3, 0.4) is 0 Å². The minimum atomic E-state index is -0.595. The number of carbonyl (C=O) groups is 2. The molecule has 3 heterocycles. The van der Waals surface area contributed by atoms with Gasteiger partial charge in [-0.05, 0) is 30.7 Å². The first-order valence-corrected chi connectivity index (χ1v) is 12.5. The highest BCUT2D eigenvalue weighted by atomic mass is 32.2. The zero-order valence-electron chi connectivity index (χ0n) is 20.5. The number of fused-ring (bicyclic) bond motifs is 1. The number of esters is 1. The van der Waals surface area contributed by atoms with Crippen molar-refractivity contribution >= 4 is 28.8 Å². The molecular formula is C25H31N3O6S. The van der Waals surface area contributed by atoms with E-state index in [0.29, 0.717) is 40.9 Å². The summed E-state index contributed by atoms with van der Waals surface area (Å²) < 4.78 is 22.0. The first-order chi connectivity index (χ1) is 17.0. The number of carbonyl (C=O) groups excluding carboxylic acids is 2. The standard InChI is InChI=1S/C25H31N3O6S/c1-5-18-21(24(30)33-4)22(17-9-6-10-19(31-2)23(17)32-3)28-15(14-35-25(28)27-18)12-20(29)26-13-16-8-7-11-34-16/h6,9-10,14,16,22H,5,7-8,11-13H2,1-4H3,(H,26,29). The summed E-state index contributed by atoms with van der Waals surface area (Å²) in [5.41, 5.74) is 2.52. The molecule has 1 N–H and O–H groups in total. The van der Waals surface area contributed by atoms with Crippen molar-refractivity contribution in [2.24, 2.45) is 4.99 Å². The molecule has 188 valence electrons. The summed E-state index contributed by atoms with van der Waals surface area (Å²) in [4.78, 5) is 32.6. The number of benzene rings is 1. The fourth-order valence-electron chi connectivity index (χ4n) is 4.59. The Morgan fingerprint density at radius 1 is 1.26 bits per heavy atom. The highest BCUT2D eigenvalue weighted by Gasteiger charge is 2.43. The predicted molar refractivity (Wildman–Crippen MR) is 133 cm³/mol. The Kier molecular flexibility index (Phi) is 8.02. The van der Waals surface area contributed by atoms with E-state index in [9.17, 15) is 9.59 Å². The lowest BCUT2D eigenvalue weighted by Crippen LogP contribution is -2.39. The molecule has 1 aromatic rings. The summed E-state index contributed by atoms with van der Waals surface area (Å²) in [6.07, 6.45) is 2.71. The molecule has 0 aliphatic carbocycles. The Morgan fingerprint density at radius 2 is 2.09 bits per heavy atom. The quantitative estimate of drug-likeness (QED) is 0.513. The monoisotopic (exact) mass is 501 g/mol. The number of hydrogen-bond acceptors (Lipinski definition) is 9. The van der Waals surface area contributed by atoms with E-state index in [0.717, 1.165) is 30.7 Å². The molecule has 1 aromatic carbocycles. The van der Waals surface area contributed by atoms with Gasteiger partial charge in [-0.25, -0.2) is 9.79 Å². The molecule has 9 nitrogen and oxygen atoms in total. The lowest BCUT2D eigenvalue weighted by Gasteiger charge is -2.37. The third-order valence-corrected chi connectivity index (χ3v) is 7.14. The summed E-state index contributed by atoms with van der Waals surface area (Å²) in [7, 11) is 4.49. The molecule has 0 radical (unpaired) electrons. The van der Waals surface area contributed by atoms with Crippen LogP contribution in [0.4, 0.5) is 0 Å². The number of amidine groups is 1. The number of aliphatic imine (C=N–C) groups is 1. The van der Waals surface area contributed by atoms with Gasteiger partial charge >= 0.3 is 5.97 Å². The second-order valence-electron chi connectivity index (χ2n) is 8.30. The van der Waals surface area contributed by atoms with E-state index in [2.05, 4.69) is 5.32 Å². The van der Waals surface area contributed by atoms with Gasteiger partial charge in [-0.1, -0.05) is 30.8 Å². The Bertz CT molecular complexity index is 1080. The number of hydrogen-bond donors (Lipinski definition) is 1. The number of ether oxygens (including phenoxy) is 4. The maximum atomic E-state index is 13.1. The summed E-state index contributed by atoms with van der Waals surface area (Å²) in [5, 5.41) is 5.59. The van der Waals surface area contributed by atoms with E-state index in [1.54, 1.807) is 20.3 Å². The zero-order chi connectivity index (χ0) is 24.9. The van der Waals surface area contributed by atoms with Crippen LogP contribution in [-0.4, -0.2) is 62.5 Å².